The van der Waals surface area contributed by atoms with Gasteiger partial charge < -0.3 is 10.1 Å². The van der Waals surface area contributed by atoms with Crippen molar-refractivity contribution in [1.82, 2.24) is 5.32 Å². The molecule has 2 nitrogen and oxygen atoms in total. The van der Waals surface area contributed by atoms with E-state index in [1.807, 2.05) is 0 Å². The lowest BCUT2D eigenvalue weighted by atomic mass is 10.0. The lowest BCUT2D eigenvalue weighted by molar-refractivity contribution is -0.158. The van der Waals surface area contributed by atoms with Gasteiger partial charge in [-0.15, -0.1) is 0 Å². The van der Waals surface area contributed by atoms with Crippen molar-refractivity contribution >= 4 is 0 Å². The van der Waals surface area contributed by atoms with E-state index in [9.17, 15) is 17.6 Å². The van der Waals surface area contributed by atoms with Crippen molar-refractivity contribution in [3.05, 3.63) is 29.6 Å². The molecule has 0 fully saturated rings. The fourth-order valence-corrected chi connectivity index (χ4v) is 1.60. The molecule has 0 amide bonds. The number of rotatable bonds is 5. The summed E-state index contributed by atoms with van der Waals surface area (Å²) in [5.74, 6) is -1.18. The average Bonchev–Trinajstić information content (AvgIpc) is 2.30. The van der Waals surface area contributed by atoms with E-state index in [1.165, 1.54) is 19.2 Å². The van der Waals surface area contributed by atoms with Gasteiger partial charge in [0.15, 0.2) is 11.6 Å². The molecule has 0 saturated heterocycles. The van der Waals surface area contributed by atoms with Crippen LogP contribution in [0.5, 0.6) is 5.75 Å². The molecule has 102 valence electrons. The van der Waals surface area contributed by atoms with Crippen molar-refractivity contribution in [2.75, 3.05) is 13.7 Å². The third kappa shape index (κ3) is 3.35. The number of benzene rings is 1. The molecule has 0 bridgehead atoms. The molecule has 0 saturated carbocycles. The molecule has 1 unspecified atom stereocenters. The number of hydrogen-bond acceptors (Lipinski definition) is 2. The fourth-order valence-electron chi connectivity index (χ4n) is 1.60. The Bertz CT molecular complexity index is 392. The SMILES string of the molecule is CCCNC(c1cccc(OC)c1F)C(F)(F)F. The molecule has 0 aliphatic carbocycles. The van der Waals surface area contributed by atoms with E-state index in [2.05, 4.69) is 10.1 Å². The van der Waals surface area contributed by atoms with E-state index in [1.54, 1.807) is 6.92 Å². The van der Waals surface area contributed by atoms with Crippen LogP contribution in [0.4, 0.5) is 17.6 Å². The van der Waals surface area contributed by atoms with Gasteiger partial charge in [-0.1, -0.05) is 19.1 Å². The summed E-state index contributed by atoms with van der Waals surface area (Å²) >= 11 is 0. The molecule has 0 aliphatic rings. The van der Waals surface area contributed by atoms with Crippen LogP contribution in [0.2, 0.25) is 0 Å². The summed E-state index contributed by atoms with van der Waals surface area (Å²) in [5, 5.41) is 2.30. The highest BCUT2D eigenvalue weighted by Gasteiger charge is 2.42. The molecular weight excluding hydrogens is 250 g/mol. The van der Waals surface area contributed by atoms with Crippen LogP contribution in [0.15, 0.2) is 18.2 Å². The lowest BCUT2D eigenvalue weighted by Crippen LogP contribution is -2.35. The molecule has 1 aromatic carbocycles. The monoisotopic (exact) mass is 265 g/mol. The lowest BCUT2D eigenvalue weighted by Gasteiger charge is -2.22. The summed E-state index contributed by atoms with van der Waals surface area (Å²) in [6.07, 6.45) is -4.03. The van der Waals surface area contributed by atoms with Crippen LogP contribution >= 0.6 is 0 Å². The molecule has 18 heavy (non-hydrogen) atoms. The van der Waals surface area contributed by atoms with Gasteiger partial charge in [0.05, 0.1) is 7.11 Å². The Morgan fingerprint density at radius 2 is 2.00 bits per heavy atom. The average molecular weight is 265 g/mol. The fraction of sp³-hybridized carbons (Fsp3) is 0.500. The molecule has 0 aliphatic heterocycles. The van der Waals surface area contributed by atoms with E-state index < -0.39 is 23.6 Å². The van der Waals surface area contributed by atoms with Gasteiger partial charge in [-0.2, -0.15) is 13.2 Å². The van der Waals surface area contributed by atoms with E-state index in [0.717, 1.165) is 6.07 Å². The zero-order valence-corrected chi connectivity index (χ0v) is 10.1. The molecule has 0 aromatic heterocycles. The van der Waals surface area contributed by atoms with Crippen molar-refractivity contribution in [3.63, 3.8) is 0 Å². The second-order valence-corrected chi connectivity index (χ2v) is 3.79. The maximum Gasteiger partial charge on any atom is 0.408 e. The molecule has 0 heterocycles. The topological polar surface area (TPSA) is 21.3 Å². The number of hydrogen-bond donors (Lipinski definition) is 1. The molecule has 0 spiro atoms. The number of alkyl halides is 3. The number of nitrogens with one attached hydrogen (secondary N) is 1. The predicted molar refractivity (Wildman–Crippen MR) is 60.0 cm³/mol. The Hall–Kier alpha value is -1.30. The van der Waals surface area contributed by atoms with E-state index in [-0.39, 0.29) is 12.3 Å². The van der Waals surface area contributed by atoms with Gasteiger partial charge >= 0.3 is 6.18 Å². The molecule has 1 rings (SSSR count). The van der Waals surface area contributed by atoms with E-state index in [4.69, 9.17) is 0 Å². The number of halogens is 4. The second-order valence-electron chi connectivity index (χ2n) is 3.79. The summed E-state index contributed by atoms with van der Waals surface area (Å²) in [7, 11) is 1.21. The van der Waals surface area contributed by atoms with Gasteiger partial charge in [0.25, 0.3) is 0 Å². The Morgan fingerprint density at radius 3 is 2.50 bits per heavy atom. The van der Waals surface area contributed by atoms with Crippen LogP contribution in [-0.2, 0) is 0 Å². The first-order chi connectivity index (χ1) is 8.41. The summed E-state index contributed by atoms with van der Waals surface area (Å²) in [5.41, 5.74) is -0.449. The molecular formula is C12H15F4NO. The van der Waals surface area contributed by atoms with Crippen molar-refractivity contribution in [2.45, 2.75) is 25.6 Å². The van der Waals surface area contributed by atoms with Crippen LogP contribution in [0, 0.1) is 5.82 Å². The quantitative estimate of drug-likeness (QED) is 0.823. The Labute approximate surface area is 103 Å². The summed E-state index contributed by atoms with van der Waals surface area (Å²) in [6, 6.07) is 1.71. The minimum Gasteiger partial charge on any atom is -0.494 e. The standard InChI is InChI=1S/C12H15F4NO/c1-3-7-17-11(12(14,15)16)8-5-4-6-9(18-2)10(8)13/h4-6,11,17H,3,7H2,1-2H3. The van der Waals surface area contributed by atoms with Gasteiger partial charge in [-0.3, -0.25) is 0 Å². The normalized spacial score (nSPS) is 13.4. The smallest absolute Gasteiger partial charge is 0.408 e. The van der Waals surface area contributed by atoms with Crippen molar-refractivity contribution in [1.29, 1.82) is 0 Å². The molecule has 0 radical (unpaired) electrons. The minimum absolute atomic E-state index is 0.154. The van der Waals surface area contributed by atoms with Gasteiger partial charge in [-0.05, 0) is 19.0 Å². The zero-order chi connectivity index (χ0) is 13.8. The van der Waals surface area contributed by atoms with Gasteiger partial charge in [0.1, 0.15) is 6.04 Å². The van der Waals surface area contributed by atoms with E-state index in [0.29, 0.717) is 6.42 Å². The highest BCUT2D eigenvalue weighted by atomic mass is 19.4. The summed E-state index contributed by atoms with van der Waals surface area (Å²) in [4.78, 5) is 0. The second kappa shape index (κ2) is 6.04. The van der Waals surface area contributed by atoms with Gasteiger partial charge in [0, 0.05) is 5.56 Å². The third-order valence-corrected chi connectivity index (χ3v) is 2.45. The highest BCUT2D eigenvalue weighted by molar-refractivity contribution is 5.33. The summed E-state index contributed by atoms with van der Waals surface area (Å²) < 4.78 is 57.1. The van der Waals surface area contributed by atoms with Crippen LogP contribution in [0.3, 0.4) is 0 Å². The largest absolute Gasteiger partial charge is 0.494 e. The zero-order valence-electron chi connectivity index (χ0n) is 10.1. The van der Waals surface area contributed by atoms with Crippen molar-refractivity contribution in [2.24, 2.45) is 0 Å². The number of ether oxygens (including phenoxy) is 1. The molecule has 6 heteroatoms. The van der Waals surface area contributed by atoms with Crippen molar-refractivity contribution in [3.8, 4) is 5.75 Å². The first kappa shape index (κ1) is 14.8. The Morgan fingerprint density at radius 1 is 1.33 bits per heavy atom. The Balaban J connectivity index is 3.13. The van der Waals surface area contributed by atoms with Crippen LogP contribution in [-0.4, -0.2) is 19.8 Å². The van der Waals surface area contributed by atoms with Gasteiger partial charge in [0.2, 0.25) is 0 Å². The van der Waals surface area contributed by atoms with E-state index >= 15 is 0 Å². The first-order valence-electron chi connectivity index (χ1n) is 5.54. The Kier molecular flexibility index (Phi) is 4.95. The first-order valence-corrected chi connectivity index (χ1v) is 5.54. The summed E-state index contributed by atoms with van der Waals surface area (Å²) in [6.45, 7) is 1.89. The van der Waals surface area contributed by atoms with Crippen LogP contribution in [0.1, 0.15) is 24.9 Å². The van der Waals surface area contributed by atoms with Gasteiger partial charge in [-0.25, -0.2) is 4.39 Å². The van der Waals surface area contributed by atoms with Crippen LogP contribution < -0.4 is 10.1 Å². The molecule has 1 atom stereocenters. The maximum absolute atomic E-state index is 13.8. The highest BCUT2D eigenvalue weighted by Crippen LogP contribution is 2.36. The molecule has 1 aromatic rings. The number of methoxy groups -OCH3 is 1. The van der Waals surface area contributed by atoms with Crippen LogP contribution in [0.25, 0.3) is 0 Å². The molecule has 1 N–H and O–H groups in total. The minimum atomic E-state index is -4.55. The predicted octanol–water partition coefficient (Wildman–Crippen LogP) is 3.44. The maximum atomic E-state index is 13.8. The third-order valence-electron chi connectivity index (χ3n) is 2.45. The van der Waals surface area contributed by atoms with Crippen molar-refractivity contribution < 1.29 is 22.3 Å².